The van der Waals surface area contributed by atoms with Gasteiger partial charge in [-0.15, -0.1) is 0 Å². The number of carboxylic acids is 3. The van der Waals surface area contributed by atoms with Crippen molar-refractivity contribution in [2.24, 2.45) is 16.2 Å². The minimum absolute atomic E-state index is 0. The smallest absolute Gasteiger partial charge is 0.550 e. The van der Waals surface area contributed by atoms with E-state index < -0.39 is 34.2 Å². The third kappa shape index (κ3) is 17.7. The molecule has 0 aromatic heterocycles. The summed E-state index contributed by atoms with van der Waals surface area (Å²) in [4.78, 5) is 32.9. The van der Waals surface area contributed by atoms with Crippen LogP contribution in [0.2, 0.25) is 0 Å². The summed E-state index contributed by atoms with van der Waals surface area (Å²) in [5.41, 5.74) is -1.68. The Morgan fingerprint density at radius 2 is 0.575 bits per heavy atom. The summed E-state index contributed by atoms with van der Waals surface area (Å²) in [6, 6.07) is 0. The van der Waals surface area contributed by atoms with E-state index in [9.17, 15) is 29.7 Å². The second-order valence-corrected chi connectivity index (χ2v) is 11.2. The molecule has 0 rings (SSSR count). The Kier molecular flexibility index (Phi) is 32.2. The van der Waals surface area contributed by atoms with Gasteiger partial charge in [0.1, 0.15) is 0 Å². The van der Waals surface area contributed by atoms with Crippen LogP contribution >= 0.6 is 0 Å². The van der Waals surface area contributed by atoms with Gasteiger partial charge in [-0.3, -0.25) is 0 Å². The van der Waals surface area contributed by atoms with Crippen LogP contribution in [0.4, 0.5) is 0 Å². The van der Waals surface area contributed by atoms with Gasteiger partial charge in [-0.1, -0.05) is 120 Å². The summed E-state index contributed by atoms with van der Waals surface area (Å²) in [7, 11) is 0. The molecule has 0 unspecified atom stereocenters. The fourth-order valence-corrected chi connectivity index (χ4v) is 5.12. The molecule has 0 aliphatic rings. The number of carboxylic acid groups (broad SMARTS) is 3. The molecule has 0 heterocycles. The summed E-state index contributed by atoms with van der Waals surface area (Å²) in [6.07, 6.45) is 16.2. The molecule has 0 aromatic carbocycles. The van der Waals surface area contributed by atoms with Crippen LogP contribution in [0.1, 0.15) is 178 Å². The Labute approximate surface area is 281 Å². The minimum Gasteiger partial charge on any atom is -0.550 e. The summed E-state index contributed by atoms with van der Waals surface area (Å²) >= 11 is 0. The Bertz CT molecular complexity index is 537. The molecule has 0 atom stereocenters. The van der Waals surface area contributed by atoms with Crippen molar-refractivity contribution in [1.82, 2.24) is 0 Å². The van der Waals surface area contributed by atoms with Crippen LogP contribution in [0.25, 0.3) is 0 Å². The van der Waals surface area contributed by atoms with E-state index in [4.69, 9.17) is 0 Å². The van der Waals surface area contributed by atoms with Crippen molar-refractivity contribution in [1.29, 1.82) is 0 Å². The maximum absolute atomic E-state index is 11.0. The van der Waals surface area contributed by atoms with Crippen LogP contribution in [0.15, 0.2) is 0 Å². The third-order valence-corrected chi connectivity index (χ3v) is 9.14. The maximum Gasteiger partial charge on any atom is 3.00 e. The number of carbonyl (C=O) groups excluding carboxylic acids is 3. The molecule has 0 aromatic rings. The van der Waals surface area contributed by atoms with Crippen LogP contribution in [-0.4, -0.2) is 17.9 Å². The van der Waals surface area contributed by atoms with E-state index in [1.807, 2.05) is 41.5 Å². The van der Waals surface area contributed by atoms with Crippen molar-refractivity contribution < 1.29 is 71.0 Å². The van der Waals surface area contributed by atoms with Gasteiger partial charge in [-0.05, 0) is 57.8 Å². The molecule has 0 aliphatic carbocycles. The minimum atomic E-state index is -0.867. The average molecular weight is 697 g/mol. The molecule has 0 saturated carbocycles. The molecule has 0 N–H and O–H groups in total. The molecule has 0 fully saturated rings. The standard InChI is InChI=1S/3C11H22O2.Pr/c3*1-4-7-8-9-11(5-2,6-3)10(12)13;/h3*4-9H2,1-3H3,(H,12,13);/q;;;+3/p-3. The van der Waals surface area contributed by atoms with Crippen LogP contribution in [0, 0.1) is 57.5 Å². The second-order valence-electron chi connectivity index (χ2n) is 11.2. The summed E-state index contributed by atoms with van der Waals surface area (Å²) in [5.74, 6) is -2.60. The van der Waals surface area contributed by atoms with Crippen molar-refractivity contribution in [3.63, 3.8) is 0 Å². The summed E-state index contributed by atoms with van der Waals surface area (Å²) < 4.78 is 0. The molecular formula is C33H63O6Pr. The number of carbonyl (C=O) groups is 3. The number of hydrogen-bond acceptors (Lipinski definition) is 6. The van der Waals surface area contributed by atoms with E-state index in [0.717, 1.165) is 77.0 Å². The molecule has 6 nitrogen and oxygen atoms in total. The van der Waals surface area contributed by atoms with Crippen molar-refractivity contribution in [3.05, 3.63) is 0 Å². The predicted octanol–water partition coefficient (Wildman–Crippen LogP) is 6.37. The van der Waals surface area contributed by atoms with Gasteiger partial charge in [0.2, 0.25) is 0 Å². The molecule has 234 valence electrons. The van der Waals surface area contributed by atoms with E-state index in [1.165, 1.54) is 0 Å². The van der Waals surface area contributed by atoms with E-state index >= 15 is 0 Å². The van der Waals surface area contributed by atoms with Gasteiger partial charge in [0, 0.05) is 34.2 Å². The van der Waals surface area contributed by atoms with Crippen LogP contribution in [0.5, 0.6) is 0 Å². The average Bonchev–Trinajstić information content (AvgIpc) is 2.92. The second kappa shape index (κ2) is 27.6. The number of rotatable bonds is 21. The first-order valence-corrected chi connectivity index (χ1v) is 16.0. The van der Waals surface area contributed by atoms with Crippen molar-refractivity contribution >= 4 is 17.9 Å². The molecule has 0 amide bonds. The topological polar surface area (TPSA) is 120 Å². The third-order valence-electron chi connectivity index (χ3n) is 9.14. The largest absolute Gasteiger partial charge is 3.00 e. The number of aliphatic carboxylic acids is 3. The molecule has 0 aliphatic heterocycles. The van der Waals surface area contributed by atoms with E-state index in [1.54, 1.807) is 0 Å². The Balaban J connectivity index is -0.000000240. The Hall–Kier alpha value is -0.226. The molecule has 40 heavy (non-hydrogen) atoms. The zero-order chi connectivity index (χ0) is 31.0. The molecule has 0 radical (unpaired) electrons. The molecule has 0 bridgehead atoms. The van der Waals surface area contributed by atoms with Crippen LogP contribution in [-0.2, 0) is 14.4 Å². The monoisotopic (exact) mass is 696 g/mol. The number of hydrogen-bond donors (Lipinski definition) is 0. The van der Waals surface area contributed by atoms with Gasteiger partial charge in [0.15, 0.2) is 0 Å². The van der Waals surface area contributed by atoms with E-state index in [2.05, 4.69) is 20.8 Å². The van der Waals surface area contributed by atoms with Crippen molar-refractivity contribution in [2.75, 3.05) is 0 Å². The normalized spacial score (nSPS) is 11.3. The molecule has 7 heteroatoms. The Morgan fingerprint density at radius 3 is 0.675 bits per heavy atom. The van der Waals surface area contributed by atoms with Gasteiger partial charge in [-0.2, -0.15) is 0 Å². The zero-order valence-electron chi connectivity index (χ0n) is 27.8. The van der Waals surface area contributed by atoms with Gasteiger partial charge in [0.05, 0.1) is 0 Å². The van der Waals surface area contributed by atoms with E-state index in [-0.39, 0.29) is 41.3 Å². The first-order valence-electron chi connectivity index (χ1n) is 16.0. The van der Waals surface area contributed by atoms with Crippen molar-refractivity contribution in [3.8, 4) is 0 Å². The van der Waals surface area contributed by atoms with Crippen LogP contribution in [0.3, 0.4) is 0 Å². The Morgan fingerprint density at radius 1 is 0.400 bits per heavy atom. The zero-order valence-corrected chi connectivity index (χ0v) is 31.5. The summed E-state index contributed by atoms with van der Waals surface area (Å²) in [6.45, 7) is 18.0. The van der Waals surface area contributed by atoms with Gasteiger partial charge in [-0.25, -0.2) is 0 Å². The van der Waals surface area contributed by atoms with E-state index in [0.29, 0.717) is 38.5 Å². The van der Waals surface area contributed by atoms with Crippen LogP contribution < -0.4 is 15.3 Å². The van der Waals surface area contributed by atoms with Gasteiger partial charge in [0.25, 0.3) is 0 Å². The first kappa shape index (κ1) is 46.7. The predicted molar refractivity (Wildman–Crippen MR) is 156 cm³/mol. The van der Waals surface area contributed by atoms with Gasteiger partial charge >= 0.3 is 41.3 Å². The quantitative estimate of drug-likeness (QED) is 0.129. The maximum atomic E-state index is 11.0. The molecular weight excluding hydrogens is 633 g/mol. The SMILES string of the molecule is CCCCCC(CC)(CC)C(=O)[O-].CCCCCC(CC)(CC)C(=O)[O-].CCCCCC(CC)(CC)C(=O)[O-].[Pr+3]. The number of unbranched alkanes of at least 4 members (excludes halogenated alkanes) is 6. The fourth-order valence-electron chi connectivity index (χ4n) is 5.12. The first-order chi connectivity index (χ1) is 18.4. The summed E-state index contributed by atoms with van der Waals surface area (Å²) in [5, 5.41) is 32.9. The molecule has 0 spiro atoms. The fraction of sp³-hybridized carbons (Fsp3) is 0.909. The molecule has 0 saturated heterocycles. The van der Waals surface area contributed by atoms with Crippen molar-refractivity contribution in [2.45, 2.75) is 178 Å². The van der Waals surface area contributed by atoms with Gasteiger partial charge < -0.3 is 29.7 Å².